The molecule has 0 unspecified atom stereocenters. The monoisotopic (exact) mass is 288 g/mol. The van der Waals surface area contributed by atoms with Crippen molar-refractivity contribution in [2.24, 2.45) is 0 Å². The normalized spacial score (nSPS) is 11.0. The fourth-order valence-electron chi connectivity index (χ4n) is 2.17. The third-order valence-electron chi connectivity index (χ3n) is 3.26. The minimum Gasteiger partial charge on any atom is -0.478 e. The van der Waals surface area contributed by atoms with Gasteiger partial charge in [0.2, 0.25) is 0 Å². The van der Waals surface area contributed by atoms with Crippen LogP contribution >= 0.6 is 0 Å². The third-order valence-corrected chi connectivity index (χ3v) is 3.26. The number of fused-ring (bicyclic) bond motifs is 1. The molecule has 1 heterocycles. The molecule has 3 aromatic rings. The van der Waals surface area contributed by atoms with Crippen LogP contribution in [0, 0.1) is 18.6 Å². The number of nitrogens with zero attached hydrogens (tertiary/aromatic N) is 1. The second kappa shape index (κ2) is 4.66. The van der Waals surface area contributed by atoms with Gasteiger partial charge >= 0.3 is 5.97 Å². The first-order valence-electron chi connectivity index (χ1n) is 6.15. The lowest BCUT2D eigenvalue weighted by atomic mass is 10.1. The number of aromatic amines is 1. The summed E-state index contributed by atoms with van der Waals surface area (Å²) in [7, 11) is 0. The molecule has 0 bridgehead atoms. The Kier molecular flexibility index (Phi) is 2.94. The van der Waals surface area contributed by atoms with E-state index in [1.807, 2.05) is 0 Å². The molecule has 0 amide bonds. The minimum atomic E-state index is -1.36. The number of nitrogens with one attached hydrogen (secondary N) is 1. The van der Waals surface area contributed by atoms with Crippen molar-refractivity contribution in [2.45, 2.75) is 6.92 Å². The molecule has 3 rings (SSSR count). The van der Waals surface area contributed by atoms with E-state index in [0.29, 0.717) is 22.4 Å². The Hall–Kier alpha value is -2.76. The van der Waals surface area contributed by atoms with Gasteiger partial charge in [0.15, 0.2) is 0 Å². The highest BCUT2D eigenvalue weighted by Gasteiger charge is 2.15. The van der Waals surface area contributed by atoms with Crippen molar-refractivity contribution in [3.63, 3.8) is 0 Å². The quantitative estimate of drug-likeness (QED) is 0.758. The molecule has 2 N–H and O–H groups in total. The van der Waals surface area contributed by atoms with E-state index >= 15 is 0 Å². The second-order valence-corrected chi connectivity index (χ2v) is 4.70. The van der Waals surface area contributed by atoms with Gasteiger partial charge in [-0.25, -0.2) is 18.6 Å². The van der Waals surface area contributed by atoms with Crippen molar-refractivity contribution in [3.05, 3.63) is 53.1 Å². The van der Waals surface area contributed by atoms with Crippen LogP contribution in [0.3, 0.4) is 0 Å². The molecule has 0 aliphatic heterocycles. The minimum absolute atomic E-state index is 0.312. The zero-order valence-corrected chi connectivity index (χ0v) is 10.9. The summed E-state index contributed by atoms with van der Waals surface area (Å²) in [5.41, 5.74) is 1.57. The molecule has 0 fully saturated rings. The first-order valence-corrected chi connectivity index (χ1v) is 6.15. The van der Waals surface area contributed by atoms with E-state index in [-0.39, 0.29) is 0 Å². The van der Waals surface area contributed by atoms with E-state index in [0.717, 1.165) is 17.7 Å². The second-order valence-electron chi connectivity index (χ2n) is 4.70. The number of halogens is 2. The Morgan fingerprint density at radius 3 is 2.71 bits per heavy atom. The maximum atomic E-state index is 13.6. The van der Waals surface area contributed by atoms with Crippen LogP contribution in [0.2, 0.25) is 0 Å². The zero-order chi connectivity index (χ0) is 15.1. The molecule has 2 aromatic carbocycles. The van der Waals surface area contributed by atoms with Gasteiger partial charge in [-0.05, 0) is 30.7 Å². The topological polar surface area (TPSA) is 66.0 Å². The molecule has 1 aromatic heterocycles. The summed E-state index contributed by atoms with van der Waals surface area (Å²) in [6.45, 7) is 1.80. The Morgan fingerprint density at radius 1 is 1.24 bits per heavy atom. The van der Waals surface area contributed by atoms with E-state index in [1.54, 1.807) is 13.0 Å². The number of benzene rings is 2. The Morgan fingerprint density at radius 2 is 2.00 bits per heavy atom. The van der Waals surface area contributed by atoms with Crippen molar-refractivity contribution in [3.8, 4) is 11.4 Å². The van der Waals surface area contributed by atoms with E-state index in [2.05, 4.69) is 9.97 Å². The molecule has 21 heavy (non-hydrogen) atoms. The molecule has 0 saturated carbocycles. The van der Waals surface area contributed by atoms with Crippen LogP contribution < -0.4 is 0 Å². The number of H-pyrrole nitrogens is 1. The van der Waals surface area contributed by atoms with E-state index in [4.69, 9.17) is 5.11 Å². The summed E-state index contributed by atoms with van der Waals surface area (Å²) < 4.78 is 27.0. The molecular formula is C15H10F2N2O2. The molecular weight excluding hydrogens is 278 g/mol. The zero-order valence-electron chi connectivity index (χ0n) is 10.9. The first-order chi connectivity index (χ1) is 9.95. The third kappa shape index (κ3) is 2.24. The van der Waals surface area contributed by atoms with Crippen LogP contribution in [0.15, 0.2) is 30.3 Å². The predicted octanol–water partition coefficient (Wildman–Crippen LogP) is 3.51. The van der Waals surface area contributed by atoms with Crippen LogP contribution in [-0.4, -0.2) is 21.0 Å². The number of imidazole rings is 1. The Labute approximate surface area is 118 Å². The van der Waals surface area contributed by atoms with Gasteiger partial charge in [-0.1, -0.05) is 6.07 Å². The van der Waals surface area contributed by atoms with Gasteiger partial charge in [0.25, 0.3) is 0 Å². The molecule has 0 radical (unpaired) electrons. The molecule has 4 nitrogen and oxygen atoms in total. The molecule has 6 heteroatoms. The number of rotatable bonds is 2. The van der Waals surface area contributed by atoms with Crippen molar-refractivity contribution in [1.29, 1.82) is 0 Å². The lowest BCUT2D eigenvalue weighted by Crippen LogP contribution is -1.99. The summed E-state index contributed by atoms with van der Waals surface area (Å²) >= 11 is 0. The molecule has 0 aliphatic carbocycles. The summed E-state index contributed by atoms with van der Waals surface area (Å²) in [4.78, 5) is 18.0. The fraction of sp³-hybridized carbons (Fsp3) is 0.0667. The van der Waals surface area contributed by atoms with Crippen molar-refractivity contribution < 1.29 is 18.7 Å². The molecule has 106 valence electrons. The van der Waals surface area contributed by atoms with E-state index in [1.165, 1.54) is 12.1 Å². The maximum Gasteiger partial charge on any atom is 0.338 e. The van der Waals surface area contributed by atoms with E-state index in [9.17, 15) is 13.6 Å². The van der Waals surface area contributed by atoms with E-state index < -0.39 is 23.2 Å². The Balaban J connectivity index is 2.21. The van der Waals surface area contributed by atoms with Crippen LogP contribution in [0.1, 0.15) is 15.9 Å². The van der Waals surface area contributed by atoms with Crippen LogP contribution in [0.25, 0.3) is 22.4 Å². The van der Waals surface area contributed by atoms with Gasteiger partial charge in [-0.15, -0.1) is 0 Å². The first kappa shape index (κ1) is 13.2. The average Bonchev–Trinajstić information content (AvgIpc) is 2.82. The van der Waals surface area contributed by atoms with Crippen LogP contribution in [0.5, 0.6) is 0 Å². The summed E-state index contributed by atoms with van der Waals surface area (Å²) in [5, 5.41) is 8.90. The number of aromatic nitrogens is 2. The summed E-state index contributed by atoms with van der Waals surface area (Å²) in [6.07, 6.45) is 0. The number of hydrogen-bond acceptors (Lipinski definition) is 2. The SMILES string of the molecule is Cc1ccc(F)cc1-c1nc2cc(C(=O)O)c(F)cc2[nH]1. The molecule has 0 atom stereocenters. The number of aryl methyl sites for hydroxylation is 1. The summed E-state index contributed by atoms with van der Waals surface area (Å²) in [6, 6.07) is 6.50. The van der Waals surface area contributed by atoms with Crippen molar-refractivity contribution >= 4 is 17.0 Å². The van der Waals surface area contributed by atoms with Gasteiger partial charge in [-0.3, -0.25) is 0 Å². The number of carboxylic acids is 1. The highest BCUT2D eigenvalue weighted by atomic mass is 19.1. The lowest BCUT2D eigenvalue weighted by molar-refractivity contribution is 0.0692. The number of aromatic carboxylic acids is 1. The standard InChI is InChI=1S/C15H10F2N2O2/c1-7-2-3-8(16)4-9(7)14-18-12-5-10(15(20)21)11(17)6-13(12)19-14/h2-6H,1H3,(H,18,19)(H,20,21). The smallest absolute Gasteiger partial charge is 0.338 e. The van der Waals surface area contributed by atoms with Gasteiger partial charge in [0.05, 0.1) is 16.6 Å². The highest BCUT2D eigenvalue weighted by Crippen LogP contribution is 2.25. The van der Waals surface area contributed by atoms with Crippen LogP contribution in [0.4, 0.5) is 8.78 Å². The molecule has 0 aliphatic rings. The van der Waals surface area contributed by atoms with Crippen LogP contribution in [-0.2, 0) is 0 Å². The molecule has 0 spiro atoms. The number of carbonyl (C=O) groups is 1. The lowest BCUT2D eigenvalue weighted by Gasteiger charge is -2.01. The maximum absolute atomic E-state index is 13.6. The number of carboxylic acid groups (broad SMARTS) is 1. The van der Waals surface area contributed by atoms with Crippen molar-refractivity contribution in [1.82, 2.24) is 9.97 Å². The summed E-state index contributed by atoms with van der Waals surface area (Å²) in [5.74, 6) is -2.25. The molecule has 0 saturated heterocycles. The van der Waals surface area contributed by atoms with Crippen molar-refractivity contribution in [2.75, 3.05) is 0 Å². The van der Waals surface area contributed by atoms with Gasteiger partial charge in [-0.2, -0.15) is 0 Å². The highest BCUT2D eigenvalue weighted by molar-refractivity contribution is 5.93. The average molecular weight is 288 g/mol. The predicted molar refractivity (Wildman–Crippen MR) is 73.1 cm³/mol. The largest absolute Gasteiger partial charge is 0.478 e. The fourth-order valence-corrected chi connectivity index (χ4v) is 2.17. The van der Waals surface area contributed by atoms with Gasteiger partial charge in [0.1, 0.15) is 17.5 Å². The van der Waals surface area contributed by atoms with Gasteiger partial charge < -0.3 is 10.1 Å². The Bertz CT molecular complexity index is 871. The van der Waals surface area contributed by atoms with Gasteiger partial charge in [0, 0.05) is 11.6 Å². The number of hydrogen-bond donors (Lipinski definition) is 2.